The number of hydrogen-bond donors (Lipinski definition) is 12. The van der Waals surface area contributed by atoms with Crippen LogP contribution < -0.4 is 0 Å². The summed E-state index contributed by atoms with van der Waals surface area (Å²) < 4.78 is 21.9. The molecule has 226 valence electrons. The highest BCUT2D eigenvalue weighted by Crippen LogP contribution is 2.28. The number of ether oxygens (including phenoxy) is 4. The lowest BCUT2D eigenvalue weighted by Crippen LogP contribution is -2.60. The first-order valence-electron chi connectivity index (χ1n) is 12.4. The number of aliphatic hydroxyl groups is 12. The Kier molecular flexibility index (Phi) is 14.1. The van der Waals surface area contributed by atoms with Crippen LogP contribution in [0.4, 0.5) is 0 Å². The van der Waals surface area contributed by atoms with Crippen molar-refractivity contribution in [3.8, 4) is 0 Å². The van der Waals surface area contributed by atoms with Crippen LogP contribution in [0.1, 0.15) is 0 Å². The molecule has 0 saturated carbocycles. The lowest BCUT2D eigenvalue weighted by Gasteiger charge is -2.43. The van der Waals surface area contributed by atoms with Gasteiger partial charge in [-0.25, -0.2) is 0 Å². The average molecular weight is 563 g/mol. The first kappa shape index (κ1) is 33.6. The third-order valence-corrected chi connectivity index (χ3v) is 7.05. The second kappa shape index (κ2) is 16.0. The van der Waals surface area contributed by atoms with Crippen LogP contribution in [0.5, 0.6) is 0 Å². The van der Waals surface area contributed by atoms with Gasteiger partial charge in [-0.1, -0.05) is 0 Å². The molecule has 2 aliphatic rings. The monoisotopic (exact) mass is 562 g/mol. The van der Waals surface area contributed by atoms with Crippen molar-refractivity contribution in [3.05, 3.63) is 0 Å². The van der Waals surface area contributed by atoms with E-state index in [0.29, 0.717) is 0 Å². The molecule has 0 aromatic carbocycles. The summed E-state index contributed by atoms with van der Waals surface area (Å²) in [4.78, 5) is 0. The van der Waals surface area contributed by atoms with E-state index in [9.17, 15) is 56.2 Å². The molecule has 2 fully saturated rings. The summed E-state index contributed by atoms with van der Waals surface area (Å²) >= 11 is 0. The molecule has 2 aliphatic heterocycles. The summed E-state index contributed by atoms with van der Waals surface area (Å²) in [5.41, 5.74) is 0. The molecule has 2 heterocycles. The van der Waals surface area contributed by atoms with Crippen LogP contribution in [-0.4, -0.2) is 187 Å². The molecular weight excluding hydrogens is 520 g/mol. The van der Waals surface area contributed by atoms with E-state index in [2.05, 4.69) is 0 Å². The van der Waals surface area contributed by atoms with Crippen LogP contribution in [0.25, 0.3) is 0 Å². The summed E-state index contributed by atoms with van der Waals surface area (Å²) in [6.07, 6.45) is -16.8. The van der Waals surface area contributed by atoms with E-state index < -0.39 is 118 Å². The van der Waals surface area contributed by atoms with Crippen LogP contribution >= 0.6 is 0 Å². The van der Waals surface area contributed by atoms with E-state index in [4.69, 9.17) is 24.1 Å². The quantitative estimate of drug-likeness (QED) is 0.0883. The van der Waals surface area contributed by atoms with Gasteiger partial charge in [-0.15, -0.1) is 0 Å². The minimum Gasteiger partial charge on any atom is -0.394 e. The molecular formula is C22H42O16. The van der Waals surface area contributed by atoms with E-state index in [0.717, 1.165) is 0 Å². The van der Waals surface area contributed by atoms with Gasteiger partial charge < -0.3 is 80.2 Å². The van der Waals surface area contributed by atoms with Gasteiger partial charge in [0, 0.05) is 11.8 Å². The molecule has 2 saturated heterocycles. The fourth-order valence-corrected chi connectivity index (χ4v) is 4.54. The van der Waals surface area contributed by atoms with Gasteiger partial charge in [0.25, 0.3) is 0 Å². The number of hydrogen-bond acceptors (Lipinski definition) is 16. The molecule has 0 radical (unpaired) electrons. The van der Waals surface area contributed by atoms with E-state index >= 15 is 0 Å². The maximum atomic E-state index is 10.6. The summed E-state index contributed by atoms with van der Waals surface area (Å²) in [5, 5.41) is 118. The largest absolute Gasteiger partial charge is 0.394 e. The molecule has 14 unspecified atom stereocenters. The Morgan fingerprint density at radius 2 is 1.05 bits per heavy atom. The number of aliphatic hydroxyl groups excluding tert-OH is 12. The zero-order valence-corrected chi connectivity index (χ0v) is 20.7. The first-order valence-corrected chi connectivity index (χ1v) is 12.4. The molecule has 0 amide bonds. The maximum absolute atomic E-state index is 10.6. The van der Waals surface area contributed by atoms with Crippen molar-refractivity contribution in [2.24, 2.45) is 11.8 Å². The lowest BCUT2D eigenvalue weighted by atomic mass is 9.87. The van der Waals surface area contributed by atoms with Crippen LogP contribution in [0.3, 0.4) is 0 Å². The molecule has 0 aliphatic carbocycles. The van der Waals surface area contributed by atoms with E-state index in [1.165, 1.54) is 0 Å². The van der Waals surface area contributed by atoms with E-state index in [-0.39, 0.29) is 19.8 Å². The van der Waals surface area contributed by atoms with Crippen molar-refractivity contribution >= 4 is 0 Å². The van der Waals surface area contributed by atoms with Gasteiger partial charge in [0.1, 0.15) is 48.8 Å². The van der Waals surface area contributed by atoms with Crippen molar-refractivity contribution in [2.75, 3.05) is 52.9 Å². The first-order chi connectivity index (χ1) is 18.0. The average Bonchev–Trinajstić information content (AvgIpc) is 2.92. The summed E-state index contributed by atoms with van der Waals surface area (Å²) in [6.45, 7) is -4.14. The SMILES string of the molecule is OCC(O)C(O)C(COCC1OC(CO)C(COCC2OC(CO)C(O)C(O)C2O)C(O)C1O)C(O)CO. The van der Waals surface area contributed by atoms with Crippen LogP contribution in [0.2, 0.25) is 0 Å². The predicted octanol–water partition coefficient (Wildman–Crippen LogP) is -7.36. The van der Waals surface area contributed by atoms with Crippen molar-refractivity contribution in [3.63, 3.8) is 0 Å². The minimum absolute atomic E-state index is 0.276. The highest BCUT2D eigenvalue weighted by Gasteiger charge is 2.46. The zero-order valence-electron chi connectivity index (χ0n) is 20.7. The predicted molar refractivity (Wildman–Crippen MR) is 122 cm³/mol. The second-order valence-electron chi connectivity index (χ2n) is 9.64. The Morgan fingerprint density at radius 1 is 0.553 bits per heavy atom. The molecule has 38 heavy (non-hydrogen) atoms. The van der Waals surface area contributed by atoms with Gasteiger partial charge >= 0.3 is 0 Å². The van der Waals surface area contributed by atoms with Gasteiger partial charge in [-0.3, -0.25) is 0 Å². The Balaban J connectivity index is 1.91. The zero-order chi connectivity index (χ0) is 28.6. The second-order valence-corrected chi connectivity index (χ2v) is 9.64. The molecule has 0 aromatic rings. The highest BCUT2D eigenvalue weighted by molar-refractivity contribution is 4.94. The maximum Gasteiger partial charge on any atom is 0.111 e. The van der Waals surface area contributed by atoms with Crippen molar-refractivity contribution in [1.82, 2.24) is 0 Å². The molecule has 16 nitrogen and oxygen atoms in total. The topological polar surface area (TPSA) is 280 Å². The Labute approximate surface area is 218 Å². The fourth-order valence-electron chi connectivity index (χ4n) is 4.54. The molecule has 12 N–H and O–H groups in total. The Hall–Kier alpha value is -0.640. The minimum atomic E-state index is -1.64. The molecule has 16 heteroatoms. The van der Waals surface area contributed by atoms with Gasteiger partial charge in [-0.2, -0.15) is 0 Å². The van der Waals surface area contributed by atoms with Gasteiger partial charge in [0.2, 0.25) is 0 Å². The summed E-state index contributed by atoms with van der Waals surface area (Å²) in [7, 11) is 0. The molecule has 0 aromatic heterocycles. The Bertz CT molecular complexity index is 655. The standard InChI is InChI=1S/C22H42O16/c23-1-11(27)9(17(29)12(28)2-24)5-35-7-15-20(32)18(30)10(13(3-25)37-15)6-36-8-16-21(33)22(34)19(31)14(4-26)38-16/h9-34H,1-8H2. The fraction of sp³-hybridized carbons (Fsp3) is 1.00. The highest BCUT2D eigenvalue weighted by atomic mass is 16.6. The van der Waals surface area contributed by atoms with Crippen molar-refractivity contribution in [2.45, 2.75) is 73.2 Å². The normalized spacial score (nSPS) is 39.5. The van der Waals surface area contributed by atoms with Gasteiger partial charge in [0.05, 0.1) is 77.3 Å². The van der Waals surface area contributed by atoms with Gasteiger partial charge in [0.15, 0.2) is 0 Å². The van der Waals surface area contributed by atoms with Crippen LogP contribution in [-0.2, 0) is 18.9 Å². The smallest absolute Gasteiger partial charge is 0.111 e. The van der Waals surface area contributed by atoms with Crippen LogP contribution in [0.15, 0.2) is 0 Å². The summed E-state index contributed by atoms with van der Waals surface area (Å²) in [6, 6.07) is 0. The molecule has 14 atom stereocenters. The van der Waals surface area contributed by atoms with Crippen molar-refractivity contribution in [1.29, 1.82) is 0 Å². The number of rotatable bonds is 15. The Morgan fingerprint density at radius 3 is 1.61 bits per heavy atom. The van der Waals surface area contributed by atoms with Gasteiger partial charge in [-0.05, 0) is 0 Å². The van der Waals surface area contributed by atoms with E-state index in [1.54, 1.807) is 0 Å². The van der Waals surface area contributed by atoms with Crippen molar-refractivity contribution < 1.29 is 80.2 Å². The molecule has 0 bridgehead atoms. The van der Waals surface area contributed by atoms with E-state index in [1.807, 2.05) is 0 Å². The summed E-state index contributed by atoms with van der Waals surface area (Å²) in [5.74, 6) is -2.15. The van der Waals surface area contributed by atoms with Crippen LogP contribution in [0, 0.1) is 11.8 Å². The third kappa shape index (κ3) is 8.20. The third-order valence-electron chi connectivity index (χ3n) is 7.05. The lowest BCUT2D eigenvalue weighted by molar-refractivity contribution is -0.249. The molecule has 2 rings (SSSR count). The molecule has 0 spiro atoms.